The third-order valence-corrected chi connectivity index (χ3v) is 2.00. The summed E-state index contributed by atoms with van der Waals surface area (Å²) >= 11 is 0. The van der Waals surface area contributed by atoms with Crippen LogP contribution in [0, 0.1) is 0 Å². The van der Waals surface area contributed by atoms with E-state index in [1.165, 1.54) is 0 Å². The molecule has 0 saturated carbocycles. The van der Waals surface area contributed by atoms with Crippen molar-refractivity contribution in [3.63, 3.8) is 0 Å². The number of H-pyrrole nitrogens is 1. The first-order valence-corrected chi connectivity index (χ1v) is 4.68. The van der Waals surface area contributed by atoms with E-state index < -0.39 is 0 Å². The molecule has 0 aromatic carbocycles. The second-order valence-electron chi connectivity index (χ2n) is 3.09. The van der Waals surface area contributed by atoms with Crippen LogP contribution in [0.5, 0.6) is 0 Å². The molecule has 0 aliphatic rings. The summed E-state index contributed by atoms with van der Waals surface area (Å²) in [5, 5.41) is 3.02. The predicted molar refractivity (Wildman–Crippen MR) is 58.6 cm³/mol. The number of rotatable bonds is 3. The Balaban J connectivity index is 2.06. The predicted octanol–water partition coefficient (Wildman–Crippen LogP) is 1.38. The minimum absolute atomic E-state index is 0.117. The fourth-order valence-electron chi connectivity index (χ4n) is 1.25. The van der Waals surface area contributed by atoms with Gasteiger partial charge in [-0.25, -0.2) is 0 Å². The van der Waals surface area contributed by atoms with Gasteiger partial charge in [0.25, 0.3) is 5.56 Å². The maximum absolute atomic E-state index is 11.3. The Hall–Kier alpha value is -2.10. The van der Waals surface area contributed by atoms with E-state index in [2.05, 4.69) is 15.3 Å². The van der Waals surface area contributed by atoms with E-state index in [1.807, 2.05) is 18.2 Å². The Morgan fingerprint density at radius 1 is 1.27 bits per heavy atom. The van der Waals surface area contributed by atoms with Crippen LogP contribution in [0.15, 0.2) is 47.5 Å². The highest BCUT2D eigenvalue weighted by Crippen LogP contribution is 2.00. The van der Waals surface area contributed by atoms with Crippen LogP contribution in [0.1, 0.15) is 5.69 Å². The lowest BCUT2D eigenvalue weighted by Gasteiger charge is -2.03. The molecule has 0 unspecified atom stereocenters. The maximum atomic E-state index is 11.3. The van der Waals surface area contributed by atoms with Crippen molar-refractivity contribution < 1.29 is 0 Å². The molecule has 15 heavy (non-hydrogen) atoms. The fraction of sp³-hybridized carbons (Fsp3) is 0.0909. The monoisotopic (exact) mass is 201 g/mol. The van der Waals surface area contributed by atoms with E-state index >= 15 is 0 Å². The van der Waals surface area contributed by atoms with Crippen LogP contribution in [0.25, 0.3) is 0 Å². The molecule has 0 atom stereocenters. The van der Waals surface area contributed by atoms with Crippen LogP contribution in [-0.2, 0) is 6.54 Å². The van der Waals surface area contributed by atoms with Gasteiger partial charge in [0.15, 0.2) is 0 Å². The van der Waals surface area contributed by atoms with Crippen molar-refractivity contribution in [3.05, 3.63) is 58.8 Å². The lowest BCUT2D eigenvalue weighted by molar-refractivity contribution is 1.04. The summed E-state index contributed by atoms with van der Waals surface area (Å²) in [6.45, 7) is 0.550. The fourth-order valence-corrected chi connectivity index (χ4v) is 1.25. The Morgan fingerprint density at radius 2 is 2.20 bits per heavy atom. The molecular weight excluding hydrogens is 190 g/mol. The van der Waals surface area contributed by atoms with Crippen molar-refractivity contribution in [1.82, 2.24) is 9.97 Å². The van der Waals surface area contributed by atoms with E-state index in [9.17, 15) is 4.79 Å². The van der Waals surface area contributed by atoms with Crippen LogP contribution in [0.3, 0.4) is 0 Å². The Labute approximate surface area is 87.0 Å². The lowest BCUT2D eigenvalue weighted by Crippen LogP contribution is -2.13. The molecule has 2 heterocycles. The zero-order chi connectivity index (χ0) is 10.5. The van der Waals surface area contributed by atoms with Gasteiger partial charge in [-0.3, -0.25) is 9.78 Å². The van der Waals surface area contributed by atoms with Gasteiger partial charge in [0, 0.05) is 12.4 Å². The number of pyridine rings is 2. The second-order valence-corrected chi connectivity index (χ2v) is 3.09. The van der Waals surface area contributed by atoms with Gasteiger partial charge < -0.3 is 10.3 Å². The summed E-state index contributed by atoms with van der Waals surface area (Å²) in [5.41, 5.74) is 1.34. The third kappa shape index (κ3) is 2.43. The van der Waals surface area contributed by atoms with Crippen molar-refractivity contribution >= 4 is 5.69 Å². The van der Waals surface area contributed by atoms with Crippen LogP contribution in [0.2, 0.25) is 0 Å². The molecule has 0 amide bonds. The summed E-state index contributed by atoms with van der Waals surface area (Å²) in [4.78, 5) is 18.0. The number of anilines is 1. The molecule has 2 N–H and O–H groups in total. The molecule has 2 aromatic heterocycles. The van der Waals surface area contributed by atoms with Gasteiger partial charge in [-0.2, -0.15) is 0 Å². The largest absolute Gasteiger partial charge is 0.375 e. The summed E-state index contributed by atoms with van der Waals surface area (Å²) in [5.74, 6) is 0. The third-order valence-electron chi connectivity index (χ3n) is 2.00. The molecular formula is C11H11N3O. The summed E-state index contributed by atoms with van der Waals surface area (Å²) in [6.07, 6.45) is 3.33. The first-order chi connectivity index (χ1) is 7.36. The van der Waals surface area contributed by atoms with Crippen molar-refractivity contribution in [3.8, 4) is 0 Å². The first-order valence-electron chi connectivity index (χ1n) is 4.68. The van der Waals surface area contributed by atoms with Crippen LogP contribution < -0.4 is 10.9 Å². The average Bonchev–Trinajstić information content (AvgIpc) is 2.29. The SMILES string of the molecule is O=c1[nH]cccc1NCc1ccccn1. The highest BCUT2D eigenvalue weighted by atomic mass is 16.1. The molecule has 0 aliphatic carbocycles. The Morgan fingerprint density at radius 3 is 2.93 bits per heavy atom. The maximum Gasteiger partial charge on any atom is 0.271 e. The summed E-state index contributed by atoms with van der Waals surface area (Å²) in [7, 11) is 0. The van der Waals surface area contributed by atoms with Gasteiger partial charge in [0.2, 0.25) is 0 Å². The van der Waals surface area contributed by atoms with Crippen molar-refractivity contribution in [1.29, 1.82) is 0 Å². The topological polar surface area (TPSA) is 57.8 Å². The molecule has 0 fully saturated rings. The number of aromatic nitrogens is 2. The van der Waals surface area contributed by atoms with Crippen LogP contribution in [0.4, 0.5) is 5.69 Å². The minimum atomic E-state index is -0.117. The molecule has 2 rings (SSSR count). The molecule has 4 nitrogen and oxygen atoms in total. The van der Waals surface area contributed by atoms with E-state index in [1.54, 1.807) is 24.5 Å². The van der Waals surface area contributed by atoms with Crippen molar-refractivity contribution in [2.45, 2.75) is 6.54 Å². The van der Waals surface area contributed by atoms with Gasteiger partial charge in [-0.15, -0.1) is 0 Å². The zero-order valence-electron chi connectivity index (χ0n) is 8.10. The summed E-state index contributed by atoms with van der Waals surface area (Å²) < 4.78 is 0. The minimum Gasteiger partial charge on any atom is -0.375 e. The highest BCUT2D eigenvalue weighted by Gasteiger charge is 1.97. The number of hydrogen-bond donors (Lipinski definition) is 2. The number of nitrogens with one attached hydrogen (secondary N) is 2. The van der Waals surface area contributed by atoms with E-state index in [-0.39, 0.29) is 5.56 Å². The molecule has 2 aromatic rings. The smallest absolute Gasteiger partial charge is 0.271 e. The van der Waals surface area contributed by atoms with Crippen molar-refractivity contribution in [2.24, 2.45) is 0 Å². The molecule has 0 bridgehead atoms. The number of hydrogen-bond acceptors (Lipinski definition) is 3. The molecule has 0 aliphatic heterocycles. The number of nitrogens with zero attached hydrogens (tertiary/aromatic N) is 1. The van der Waals surface area contributed by atoms with Gasteiger partial charge in [-0.05, 0) is 24.3 Å². The van der Waals surface area contributed by atoms with Gasteiger partial charge in [0.05, 0.1) is 12.2 Å². The molecule has 0 spiro atoms. The van der Waals surface area contributed by atoms with E-state index in [0.29, 0.717) is 12.2 Å². The average molecular weight is 201 g/mol. The van der Waals surface area contributed by atoms with Gasteiger partial charge >= 0.3 is 0 Å². The first kappa shape index (κ1) is 9.45. The van der Waals surface area contributed by atoms with Crippen LogP contribution in [-0.4, -0.2) is 9.97 Å². The van der Waals surface area contributed by atoms with Gasteiger partial charge in [0.1, 0.15) is 5.69 Å². The standard InChI is InChI=1S/C11H11N3O/c15-11-10(5-3-7-13-11)14-8-9-4-1-2-6-12-9/h1-7,14H,8H2,(H,13,15). The summed E-state index contributed by atoms with van der Waals surface area (Å²) in [6, 6.07) is 9.20. The van der Waals surface area contributed by atoms with E-state index in [0.717, 1.165) is 5.69 Å². The molecule has 76 valence electrons. The van der Waals surface area contributed by atoms with Crippen molar-refractivity contribution in [2.75, 3.05) is 5.32 Å². The molecule has 4 heteroatoms. The Bertz CT molecular complexity index is 478. The zero-order valence-corrected chi connectivity index (χ0v) is 8.10. The molecule has 0 radical (unpaired) electrons. The molecule has 0 saturated heterocycles. The number of aromatic amines is 1. The van der Waals surface area contributed by atoms with Crippen LogP contribution >= 0.6 is 0 Å². The second kappa shape index (κ2) is 4.41. The van der Waals surface area contributed by atoms with Gasteiger partial charge in [-0.1, -0.05) is 6.07 Å². The lowest BCUT2D eigenvalue weighted by atomic mass is 10.3. The Kier molecular flexibility index (Phi) is 2.78. The normalized spacial score (nSPS) is 9.87. The quantitative estimate of drug-likeness (QED) is 0.788. The van der Waals surface area contributed by atoms with E-state index in [4.69, 9.17) is 0 Å². The highest BCUT2D eigenvalue weighted by molar-refractivity contribution is 5.39.